The Morgan fingerprint density at radius 3 is 2.67 bits per heavy atom. The molecule has 3 N–H and O–H groups in total. The molecule has 0 atom stereocenters. The first-order valence-electron chi connectivity index (χ1n) is 6.88. The number of aryl methyl sites for hydroxylation is 1. The molecule has 0 bridgehead atoms. The van der Waals surface area contributed by atoms with Crippen molar-refractivity contribution in [3.63, 3.8) is 0 Å². The average Bonchev–Trinajstić information content (AvgIpc) is 2.46. The average molecular weight is 286 g/mol. The summed E-state index contributed by atoms with van der Waals surface area (Å²) < 4.78 is 13.8. The third kappa shape index (κ3) is 4.39. The lowest BCUT2D eigenvalue weighted by molar-refractivity contribution is -0.120. The highest BCUT2D eigenvalue weighted by molar-refractivity contribution is 5.78. The topological polar surface area (TPSA) is 55.1 Å². The second kappa shape index (κ2) is 6.99. The van der Waals surface area contributed by atoms with Crippen molar-refractivity contribution in [2.45, 2.75) is 26.4 Å². The van der Waals surface area contributed by atoms with Gasteiger partial charge in [0, 0.05) is 18.7 Å². The van der Waals surface area contributed by atoms with E-state index in [4.69, 9.17) is 5.73 Å². The van der Waals surface area contributed by atoms with Crippen LogP contribution in [0.15, 0.2) is 42.5 Å². The van der Waals surface area contributed by atoms with Crippen LogP contribution < -0.4 is 11.1 Å². The zero-order valence-electron chi connectivity index (χ0n) is 12.0. The van der Waals surface area contributed by atoms with Gasteiger partial charge in [-0.1, -0.05) is 42.0 Å². The van der Waals surface area contributed by atoms with Gasteiger partial charge in [-0.2, -0.15) is 0 Å². The fourth-order valence-corrected chi connectivity index (χ4v) is 2.12. The molecule has 0 spiro atoms. The number of nitrogens with one attached hydrogen (secondary N) is 1. The van der Waals surface area contributed by atoms with Gasteiger partial charge in [-0.15, -0.1) is 0 Å². The Hall–Kier alpha value is -2.20. The Kier molecular flexibility index (Phi) is 5.06. The number of hydrogen-bond acceptors (Lipinski definition) is 2. The van der Waals surface area contributed by atoms with Gasteiger partial charge in [0.25, 0.3) is 0 Å². The molecular weight excluding hydrogens is 267 g/mol. The van der Waals surface area contributed by atoms with E-state index in [0.29, 0.717) is 18.5 Å². The Morgan fingerprint density at radius 1 is 1.19 bits per heavy atom. The highest BCUT2D eigenvalue weighted by atomic mass is 19.1. The van der Waals surface area contributed by atoms with E-state index in [0.717, 1.165) is 16.7 Å². The summed E-state index contributed by atoms with van der Waals surface area (Å²) in [5, 5.41) is 2.74. The number of rotatable bonds is 5. The number of benzene rings is 2. The molecule has 4 heteroatoms. The first-order valence-corrected chi connectivity index (χ1v) is 6.88. The largest absolute Gasteiger partial charge is 0.352 e. The van der Waals surface area contributed by atoms with Gasteiger partial charge in [-0.25, -0.2) is 4.39 Å². The summed E-state index contributed by atoms with van der Waals surface area (Å²) in [6.07, 6.45) is 0.296. The molecule has 0 aliphatic rings. The highest BCUT2D eigenvalue weighted by Gasteiger charge is 2.07. The third-order valence-electron chi connectivity index (χ3n) is 3.28. The number of carbonyl (C=O) groups excluding carboxylic acids is 1. The second-order valence-corrected chi connectivity index (χ2v) is 5.07. The van der Waals surface area contributed by atoms with Crippen LogP contribution in [0.25, 0.3) is 0 Å². The van der Waals surface area contributed by atoms with Crippen molar-refractivity contribution in [3.05, 3.63) is 70.5 Å². The summed E-state index contributed by atoms with van der Waals surface area (Å²) in [5.41, 5.74) is 8.72. The van der Waals surface area contributed by atoms with Crippen molar-refractivity contribution in [1.29, 1.82) is 0 Å². The lowest BCUT2D eigenvalue weighted by Gasteiger charge is -2.08. The van der Waals surface area contributed by atoms with Crippen molar-refractivity contribution >= 4 is 5.91 Å². The van der Waals surface area contributed by atoms with Gasteiger partial charge in [-0.05, 0) is 24.1 Å². The fourth-order valence-electron chi connectivity index (χ4n) is 2.12. The van der Waals surface area contributed by atoms with Crippen molar-refractivity contribution in [2.75, 3.05) is 0 Å². The summed E-state index contributed by atoms with van der Waals surface area (Å²) in [5.74, 6) is -0.461. The molecule has 2 rings (SSSR count). The molecular formula is C17H19FN2O. The predicted molar refractivity (Wildman–Crippen MR) is 81.0 cm³/mol. The lowest BCUT2D eigenvalue weighted by atomic mass is 10.1. The van der Waals surface area contributed by atoms with Gasteiger partial charge in [0.15, 0.2) is 0 Å². The molecule has 0 aliphatic carbocycles. The van der Waals surface area contributed by atoms with E-state index in [-0.39, 0.29) is 18.3 Å². The zero-order chi connectivity index (χ0) is 15.2. The molecule has 0 unspecified atom stereocenters. The van der Waals surface area contributed by atoms with Crippen molar-refractivity contribution < 1.29 is 9.18 Å². The maximum atomic E-state index is 13.8. The van der Waals surface area contributed by atoms with E-state index in [9.17, 15) is 9.18 Å². The molecule has 2 aromatic rings. The molecule has 2 aromatic carbocycles. The molecule has 0 radical (unpaired) electrons. The molecule has 0 aliphatic heterocycles. The van der Waals surface area contributed by atoms with Crippen molar-refractivity contribution in [1.82, 2.24) is 5.32 Å². The SMILES string of the molecule is Cc1cccc(CC(=O)NCc2ccc(CN)cc2F)c1. The van der Waals surface area contributed by atoms with Crippen LogP contribution in [0, 0.1) is 12.7 Å². The van der Waals surface area contributed by atoms with Crippen LogP contribution in [-0.2, 0) is 24.3 Å². The monoisotopic (exact) mass is 286 g/mol. The summed E-state index contributed by atoms with van der Waals surface area (Å²) in [6, 6.07) is 12.6. The Bertz CT molecular complexity index is 640. The second-order valence-electron chi connectivity index (χ2n) is 5.07. The maximum Gasteiger partial charge on any atom is 0.224 e. The van der Waals surface area contributed by atoms with E-state index in [1.165, 1.54) is 6.07 Å². The Labute approximate surface area is 124 Å². The standard InChI is InChI=1S/C17H19FN2O/c1-12-3-2-4-13(7-12)9-17(21)20-11-15-6-5-14(10-19)8-16(15)18/h2-8H,9-11,19H2,1H3,(H,20,21). The van der Waals surface area contributed by atoms with Crippen molar-refractivity contribution in [3.8, 4) is 0 Å². The normalized spacial score (nSPS) is 10.4. The molecule has 110 valence electrons. The van der Waals surface area contributed by atoms with Crippen LogP contribution in [0.1, 0.15) is 22.3 Å². The van der Waals surface area contributed by atoms with Gasteiger partial charge in [0.05, 0.1) is 6.42 Å². The van der Waals surface area contributed by atoms with Crippen LogP contribution >= 0.6 is 0 Å². The van der Waals surface area contributed by atoms with E-state index in [1.807, 2.05) is 31.2 Å². The molecule has 0 fully saturated rings. The van der Waals surface area contributed by atoms with E-state index in [2.05, 4.69) is 5.32 Å². The van der Waals surface area contributed by atoms with Gasteiger partial charge in [0.1, 0.15) is 5.82 Å². The Balaban J connectivity index is 1.92. The number of nitrogens with two attached hydrogens (primary N) is 1. The fraction of sp³-hybridized carbons (Fsp3) is 0.235. The molecule has 0 saturated heterocycles. The summed E-state index contributed by atoms with van der Waals surface area (Å²) in [6.45, 7) is 2.47. The summed E-state index contributed by atoms with van der Waals surface area (Å²) >= 11 is 0. The third-order valence-corrected chi connectivity index (χ3v) is 3.28. The molecule has 1 amide bonds. The highest BCUT2D eigenvalue weighted by Crippen LogP contribution is 2.10. The van der Waals surface area contributed by atoms with E-state index >= 15 is 0 Å². The number of halogens is 1. The maximum absolute atomic E-state index is 13.8. The van der Waals surface area contributed by atoms with Gasteiger partial charge >= 0.3 is 0 Å². The minimum absolute atomic E-state index is 0.122. The molecule has 3 nitrogen and oxygen atoms in total. The lowest BCUT2D eigenvalue weighted by Crippen LogP contribution is -2.25. The van der Waals surface area contributed by atoms with E-state index in [1.54, 1.807) is 12.1 Å². The minimum atomic E-state index is -0.339. The molecule has 21 heavy (non-hydrogen) atoms. The zero-order valence-corrected chi connectivity index (χ0v) is 12.0. The number of amides is 1. The number of hydrogen-bond donors (Lipinski definition) is 2. The first kappa shape index (κ1) is 15.2. The number of carbonyl (C=O) groups is 1. The van der Waals surface area contributed by atoms with Crippen molar-refractivity contribution in [2.24, 2.45) is 5.73 Å². The van der Waals surface area contributed by atoms with Crippen LogP contribution in [0.5, 0.6) is 0 Å². The molecule has 0 saturated carbocycles. The summed E-state index contributed by atoms with van der Waals surface area (Å²) in [7, 11) is 0. The van der Waals surface area contributed by atoms with Crippen LogP contribution in [0.2, 0.25) is 0 Å². The first-order chi connectivity index (χ1) is 10.1. The smallest absolute Gasteiger partial charge is 0.224 e. The Morgan fingerprint density at radius 2 is 2.00 bits per heavy atom. The van der Waals surface area contributed by atoms with Gasteiger partial charge in [-0.3, -0.25) is 4.79 Å². The van der Waals surface area contributed by atoms with Gasteiger partial charge < -0.3 is 11.1 Å². The predicted octanol–water partition coefficient (Wildman–Crippen LogP) is 2.45. The molecule has 0 aromatic heterocycles. The van der Waals surface area contributed by atoms with Crippen LogP contribution in [-0.4, -0.2) is 5.91 Å². The molecule has 0 heterocycles. The quantitative estimate of drug-likeness (QED) is 0.887. The summed E-state index contributed by atoms with van der Waals surface area (Å²) in [4.78, 5) is 11.9. The van der Waals surface area contributed by atoms with Crippen LogP contribution in [0.4, 0.5) is 4.39 Å². The van der Waals surface area contributed by atoms with E-state index < -0.39 is 0 Å². The van der Waals surface area contributed by atoms with Crippen LogP contribution in [0.3, 0.4) is 0 Å². The van der Waals surface area contributed by atoms with Gasteiger partial charge in [0.2, 0.25) is 5.91 Å². The minimum Gasteiger partial charge on any atom is -0.352 e.